The average molecular weight is 308 g/mol. The van der Waals surface area contributed by atoms with Gasteiger partial charge in [-0.05, 0) is 50.0 Å². The molecule has 0 bridgehead atoms. The Morgan fingerprint density at radius 3 is 2.14 bits per heavy atom. The van der Waals surface area contributed by atoms with Crippen molar-refractivity contribution in [1.82, 2.24) is 0 Å². The lowest BCUT2D eigenvalue weighted by Crippen LogP contribution is -2.41. The van der Waals surface area contributed by atoms with Crippen LogP contribution in [0.3, 0.4) is 0 Å². The van der Waals surface area contributed by atoms with Crippen LogP contribution in [0.15, 0.2) is 36.4 Å². The summed E-state index contributed by atoms with van der Waals surface area (Å²) in [6.45, 7) is 8.32. The van der Waals surface area contributed by atoms with Gasteiger partial charge in [-0.3, -0.25) is 0 Å². The van der Waals surface area contributed by atoms with Crippen molar-refractivity contribution in [2.75, 3.05) is 0 Å². The highest BCUT2D eigenvalue weighted by molar-refractivity contribution is 6.65. The Morgan fingerprint density at radius 2 is 1.55 bits per heavy atom. The highest BCUT2D eigenvalue weighted by Gasteiger charge is 2.52. The zero-order valence-corrected chi connectivity index (χ0v) is 15.9. The van der Waals surface area contributed by atoms with Gasteiger partial charge < -0.3 is 9.31 Å². The summed E-state index contributed by atoms with van der Waals surface area (Å²) in [5.74, 6) is 3.26. The Bertz CT molecular complexity index is 765. The third kappa shape index (κ3) is 2.40. The van der Waals surface area contributed by atoms with Crippen LogP contribution in [-0.2, 0) is 9.31 Å². The van der Waals surface area contributed by atoms with Crippen LogP contribution in [0.1, 0.15) is 33.3 Å². The lowest BCUT2D eigenvalue weighted by molar-refractivity contribution is 0.00578. The van der Waals surface area contributed by atoms with Gasteiger partial charge in [0.1, 0.15) is 0 Å². The molecule has 0 aromatic heterocycles. The minimum absolute atomic E-state index is 0.335. The molecule has 112 valence electrons. The highest BCUT2D eigenvalue weighted by atomic mass is 28.1. The first kappa shape index (κ1) is 15.4. The second-order valence-electron chi connectivity index (χ2n) is 6.71. The molecule has 3 rings (SSSR count). The maximum Gasteiger partial charge on any atom is 0.495 e. The zero-order valence-electron chi connectivity index (χ0n) is 13.9. The SMILES string of the molecule is CC1(C)OB(c2cccc3cccc(C#C[SiH3])c23)OC1(C)C. The molecule has 0 radical (unpaired) electrons. The predicted molar refractivity (Wildman–Crippen MR) is 96.5 cm³/mol. The molecule has 1 saturated heterocycles. The van der Waals surface area contributed by atoms with Crippen LogP contribution in [0, 0.1) is 11.5 Å². The number of hydrogen-bond acceptors (Lipinski definition) is 2. The van der Waals surface area contributed by atoms with Gasteiger partial charge >= 0.3 is 7.12 Å². The van der Waals surface area contributed by atoms with Crippen molar-refractivity contribution < 1.29 is 9.31 Å². The highest BCUT2D eigenvalue weighted by Crippen LogP contribution is 2.37. The molecule has 2 aromatic rings. The van der Waals surface area contributed by atoms with Crippen molar-refractivity contribution in [3.63, 3.8) is 0 Å². The van der Waals surface area contributed by atoms with Gasteiger partial charge in [0, 0.05) is 5.56 Å². The number of benzene rings is 2. The van der Waals surface area contributed by atoms with Crippen molar-refractivity contribution >= 4 is 33.6 Å². The summed E-state index contributed by atoms with van der Waals surface area (Å²) in [6.07, 6.45) is 0. The van der Waals surface area contributed by atoms with Gasteiger partial charge in [-0.1, -0.05) is 36.3 Å². The summed E-state index contributed by atoms with van der Waals surface area (Å²) < 4.78 is 12.5. The summed E-state index contributed by atoms with van der Waals surface area (Å²) in [5.41, 5.74) is 4.58. The van der Waals surface area contributed by atoms with E-state index in [1.165, 1.54) is 5.39 Å². The fourth-order valence-corrected chi connectivity index (χ4v) is 3.04. The van der Waals surface area contributed by atoms with Gasteiger partial charge in [0.05, 0.1) is 21.4 Å². The quantitative estimate of drug-likeness (QED) is 0.591. The van der Waals surface area contributed by atoms with E-state index in [1.54, 1.807) is 0 Å². The Balaban J connectivity index is 2.18. The van der Waals surface area contributed by atoms with Crippen molar-refractivity contribution in [3.05, 3.63) is 42.0 Å². The molecule has 0 N–H and O–H groups in total. The molecule has 1 heterocycles. The van der Waals surface area contributed by atoms with Crippen LogP contribution in [0.2, 0.25) is 0 Å². The molecule has 4 heteroatoms. The maximum absolute atomic E-state index is 6.23. The topological polar surface area (TPSA) is 18.5 Å². The standard InChI is InChI=1S/C18H21BO2Si/c1-17(2)18(3,4)21-19(20-17)15-10-6-9-13-7-5-8-14(11-12-22)16(13)15/h5-10H,1-4,22H3. The smallest absolute Gasteiger partial charge is 0.399 e. The van der Waals surface area contributed by atoms with Gasteiger partial charge in [-0.15, -0.1) is 5.54 Å². The lowest BCUT2D eigenvalue weighted by Gasteiger charge is -2.32. The van der Waals surface area contributed by atoms with Crippen molar-refractivity contribution in [1.29, 1.82) is 0 Å². The van der Waals surface area contributed by atoms with Crippen LogP contribution < -0.4 is 5.46 Å². The molecule has 0 spiro atoms. The molecule has 22 heavy (non-hydrogen) atoms. The molecule has 0 unspecified atom stereocenters. The molecular weight excluding hydrogens is 287 g/mol. The van der Waals surface area contributed by atoms with Crippen molar-refractivity contribution in [2.45, 2.75) is 38.9 Å². The second kappa shape index (κ2) is 5.27. The normalized spacial score (nSPS) is 19.2. The van der Waals surface area contributed by atoms with Crippen LogP contribution >= 0.6 is 0 Å². The summed E-state index contributed by atoms with van der Waals surface area (Å²) in [4.78, 5) is 0. The van der Waals surface area contributed by atoms with Gasteiger partial charge in [-0.2, -0.15) is 0 Å². The lowest BCUT2D eigenvalue weighted by atomic mass is 9.75. The maximum atomic E-state index is 6.23. The van der Waals surface area contributed by atoms with E-state index in [2.05, 4.69) is 75.6 Å². The summed E-state index contributed by atoms with van der Waals surface area (Å²) in [6, 6.07) is 12.5. The monoisotopic (exact) mass is 308 g/mol. The predicted octanol–water partition coefficient (Wildman–Crippen LogP) is 1.81. The number of rotatable bonds is 1. The summed E-state index contributed by atoms with van der Waals surface area (Å²) >= 11 is 0. The molecule has 0 amide bonds. The first-order valence-electron chi connectivity index (χ1n) is 7.66. The fourth-order valence-electron chi connectivity index (χ4n) is 2.78. The molecule has 0 aliphatic carbocycles. The molecule has 1 fully saturated rings. The van der Waals surface area contributed by atoms with Gasteiger partial charge in [0.25, 0.3) is 0 Å². The van der Waals surface area contributed by atoms with E-state index in [0.717, 1.165) is 26.7 Å². The fraction of sp³-hybridized carbons (Fsp3) is 0.333. The molecule has 2 nitrogen and oxygen atoms in total. The summed E-state index contributed by atoms with van der Waals surface area (Å²) in [5, 5.41) is 2.32. The Kier molecular flexibility index (Phi) is 3.68. The molecule has 0 atom stereocenters. The van der Waals surface area contributed by atoms with E-state index in [0.29, 0.717) is 0 Å². The largest absolute Gasteiger partial charge is 0.495 e. The summed E-state index contributed by atoms with van der Waals surface area (Å²) in [7, 11) is 0.513. The van der Waals surface area contributed by atoms with Gasteiger partial charge in [0.15, 0.2) is 0 Å². The van der Waals surface area contributed by atoms with Crippen LogP contribution in [0.25, 0.3) is 10.8 Å². The Hall–Kier alpha value is -1.54. The third-order valence-electron chi connectivity index (χ3n) is 4.70. The zero-order chi connectivity index (χ0) is 16.0. The molecule has 1 aliphatic rings. The van der Waals surface area contributed by atoms with E-state index in [4.69, 9.17) is 9.31 Å². The van der Waals surface area contributed by atoms with Crippen LogP contribution in [-0.4, -0.2) is 28.6 Å². The second-order valence-corrected chi connectivity index (χ2v) is 7.21. The van der Waals surface area contributed by atoms with E-state index in [1.807, 2.05) is 0 Å². The van der Waals surface area contributed by atoms with E-state index in [9.17, 15) is 0 Å². The van der Waals surface area contributed by atoms with Crippen molar-refractivity contribution in [3.8, 4) is 11.5 Å². The molecule has 1 aliphatic heterocycles. The third-order valence-corrected chi connectivity index (χ3v) is 4.95. The van der Waals surface area contributed by atoms with Gasteiger partial charge in [0.2, 0.25) is 0 Å². The minimum Gasteiger partial charge on any atom is -0.399 e. The molecular formula is C18H21BO2Si. The Morgan fingerprint density at radius 1 is 0.955 bits per heavy atom. The first-order valence-corrected chi connectivity index (χ1v) is 8.66. The average Bonchev–Trinajstić information content (AvgIpc) is 2.67. The molecule has 2 aromatic carbocycles. The van der Waals surface area contributed by atoms with E-state index >= 15 is 0 Å². The Labute approximate surface area is 135 Å². The van der Waals surface area contributed by atoms with E-state index in [-0.39, 0.29) is 18.3 Å². The first-order chi connectivity index (χ1) is 10.4. The van der Waals surface area contributed by atoms with Crippen LogP contribution in [0.4, 0.5) is 0 Å². The van der Waals surface area contributed by atoms with Crippen molar-refractivity contribution in [2.24, 2.45) is 0 Å². The molecule has 0 saturated carbocycles. The van der Waals surface area contributed by atoms with E-state index < -0.39 is 0 Å². The number of hydrogen-bond donors (Lipinski definition) is 0. The van der Waals surface area contributed by atoms with Crippen LogP contribution in [0.5, 0.6) is 0 Å². The van der Waals surface area contributed by atoms with Gasteiger partial charge in [-0.25, -0.2) is 0 Å². The number of fused-ring (bicyclic) bond motifs is 1. The minimum atomic E-state index is -0.356.